The third kappa shape index (κ3) is 3.65. The van der Waals surface area contributed by atoms with Crippen LogP contribution < -0.4 is 11.1 Å². The molecule has 0 aliphatic carbocycles. The van der Waals surface area contributed by atoms with E-state index in [-0.39, 0.29) is 0 Å². The summed E-state index contributed by atoms with van der Waals surface area (Å²) < 4.78 is 1.04. The van der Waals surface area contributed by atoms with Gasteiger partial charge in [-0.15, -0.1) is 0 Å². The maximum absolute atomic E-state index is 5.98. The molecule has 0 radical (unpaired) electrons. The second kappa shape index (κ2) is 5.60. The standard InChI is InChI=1S/C9H12BrClN2/c10-8-1-2-9(11)7(5-8)6-13-4-3-12/h1-2,5,13H,3-4,6,12H2. The Morgan fingerprint density at radius 3 is 2.92 bits per heavy atom. The van der Waals surface area contributed by atoms with Crippen molar-refractivity contribution in [1.82, 2.24) is 5.32 Å². The fourth-order valence-electron chi connectivity index (χ4n) is 1.00. The van der Waals surface area contributed by atoms with Gasteiger partial charge in [0.1, 0.15) is 0 Å². The Labute approximate surface area is 91.6 Å². The van der Waals surface area contributed by atoms with Crippen molar-refractivity contribution in [1.29, 1.82) is 0 Å². The normalized spacial score (nSPS) is 10.4. The molecule has 0 bridgehead atoms. The van der Waals surface area contributed by atoms with Gasteiger partial charge in [-0.25, -0.2) is 0 Å². The maximum atomic E-state index is 5.98. The highest BCUT2D eigenvalue weighted by molar-refractivity contribution is 9.10. The van der Waals surface area contributed by atoms with Crippen molar-refractivity contribution in [3.63, 3.8) is 0 Å². The molecule has 13 heavy (non-hydrogen) atoms. The van der Waals surface area contributed by atoms with E-state index in [9.17, 15) is 0 Å². The van der Waals surface area contributed by atoms with Crippen molar-refractivity contribution < 1.29 is 0 Å². The zero-order valence-electron chi connectivity index (χ0n) is 7.19. The van der Waals surface area contributed by atoms with Gasteiger partial charge < -0.3 is 11.1 Å². The zero-order chi connectivity index (χ0) is 9.68. The van der Waals surface area contributed by atoms with Gasteiger partial charge in [-0.1, -0.05) is 27.5 Å². The molecule has 0 aliphatic rings. The summed E-state index contributed by atoms with van der Waals surface area (Å²) >= 11 is 9.38. The van der Waals surface area contributed by atoms with Gasteiger partial charge in [0.05, 0.1) is 0 Å². The third-order valence-electron chi connectivity index (χ3n) is 1.64. The number of hydrogen-bond acceptors (Lipinski definition) is 2. The number of nitrogens with one attached hydrogen (secondary N) is 1. The number of hydrogen-bond donors (Lipinski definition) is 2. The van der Waals surface area contributed by atoms with Crippen molar-refractivity contribution in [3.05, 3.63) is 33.3 Å². The molecule has 1 rings (SSSR count). The molecule has 4 heteroatoms. The summed E-state index contributed by atoms with van der Waals surface area (Å²) in [5, 5.41) is 3.97. The first kappa shape index (κ1) is 11.0. The molecule has 0 saturated heterocycles. The van der Waals surface area contributed by atoms with Gasteiger partial charge in [0.25, 0.3) is 0 Å². The summed E-state index contributed by atoms with van der Waals surface area (Å²) in [6.07, 6.45) is 0. The van der Waals surface area contributed by atoms with Gasteiger partial charge in [0.15, 0.2) is 0 Å². The van der Waals surface area contributed by atoms with Crippen LogP contribution in [0.3, 0.4) is 0 Å². The monoisotopic (exact) mass is 262 g/mol. The van der Waals surface area contributed by atoms with Crippen LogP contribution in [0.5, 0.6) is 0 Å². The summed E-state index contributed by atoms with van der Waals surface area (Å²) in [6.45, 7) is 2.21. The molecule has 0 fully saturated rings. The first-order valence-electron chi connectivity index (χ1n) is 4.08. The largest absolute Gasteiger partial charge is 0.329 e. The van der Waals surface area contributed by atoms with Crippen LogP contribution in [-0.2, 0) is 6.54 Å². The molecule has 1 aromatic rings. The molecule has 0 aromatic heterocycles. The molecule has 72 valence electrons. The summed E-state index contributed by atoms with van der Waals surface area (Å²) in [7, 11) is 0. The molecular weight excluding hydrogens is 251 g/mol. The molecule has 1 aromatic carbocycles. The molecule has 0 aliphatic heterocycles. The number of rotatable bonds is 4. The number of nitrogens with two attached hydrogens (primary N) is 1. The molecule has 0 spiro atoms. The third-order valence-corrected chi connectivity index (χ3v) is 2.51. The van der Waals surface area contributed by atoms with Crippen molar-refractivity contribution in [2.24, 2.45) is 5.73 Å². The number of benzene rings is 1. The van der Waals surface area contributed by atoms with E-state index in [1.165, 1.54) is 0 Å². The Hall–Kier alpha value is -0.0900. The van der Waals surface area contributed by atoms with Crippen molar-refractivity contribution in [2.75, 3.05) is 13.1 Å². The molecule has 3 N–H and O–H groups in total. The van der Waals surface area contributed by atoms with Crippen LogP contribution in [0, 0.1) is 0 Å². The van der Waals surface area contributed by atoms with Gasteiger partial charge in [-0.3, -0.25) is 0 Å². The highest BCUT2D eigenvalue weighted by Gasteiger charge is 1.99. The Kier molecular flexibility index (Phi) is 4.73. The van der Waals surface area contributed by atoms with Crippen molar-refractivity contribution in [2.45, 2.75) is 6.54 Å². The van der Waals surface area contributed by atoms with E-state index in [0.29, 0.717) is 6.54 Å². The smallest absolute Gasteiger partial charge is 0.0451 e. The average Bonchev–Trinajstić information content (AvgIpc) is 2.11. The van der Waals surface area contributed by atoms with Gasteiger partial charge in [0, 0.05) is 29.1 Å². The van der Waals surface area contributed by atoms with Crippen LogP contribution in [0.1, 0.15) is 5.56 Å². The molecule has 0 heterocycles. The fraction of sp³-hybridized carbons (Fsp3) is 0.333. The van der Waals surface area contributed by atoms with Crippen LogP contribution in [0.25, 0.3) is 0 Å². The molecular formula is C9H12BrClN2. The van der Waals surface area contributed by atoms with E-state index in [1.807, 2.05) is 18.2 Å². The van der Waals surface area contributed by atoms with E-state index < -0.39 is 0 Å². The van der Waals surface area contributed by atoms with Crippen LogP contribution in [0.4, 0.5) is 0 Å². The predicted octanol–water partition coefficient (Wildman–Crippen LogP) is 2.15. The Morgan fingerprint density at radius 2 is 2.23 bits per heavy atom. The van der Waals surface area contributed by atoms with Crippen molar-refractivity contribution >= 4 is 27.5 Å². The summed E-state index contributed by atoms with van der Waals surface area (Å²) in [4.78, 5) is 0. The lowest BCUT2D eigenvalue weighted by molar-refractivity contribution is 0.695. The second-order valence-electron chi connectivity index (χ2n) is 2.70. The van der Waals surface area contributed by atoms with E-state index in [4.69, 9.17) is 17.3 Å². The Balaban J connectivity index is 2.59. The minimum atomic E-state index is 0.644. The molecule has 2 nitrogen and oxygen atoms in total. The summed E-state index contributed by atoms with van der Waals surface area (Å²) in [5.41, 5.74) is 6.44. The molecule has 0 unspecified atom stereocenters. The van der Waals surface area contributed by atoms with Crippen molar-refractivity contribution in [3.8, 4) is 0 Å². The molecule has 0 atom stereocenters. The lowest BCUT2D eigenvalue weighted by Gasteiger charge is -2.05. The topological polar surface area (TPSA) is 38.0 Å². The van der Waals surface area contributed by atoms with Crippen LogP contribution in [0.15, 0.2) is 22.7 Å². The maximum Gasteiger partial charge on any atom is 0.0451 e. The number of halogens is 2. The van der Waals surface area contributed by atoms with Crippen LogP contribution >= 0.6 is 27.5 Å². The first-order valence-corrected chi connectivity index (χ1v) is 5.26. The summed E-state index contributed by atoms with van der Waals surface area (Å²) in [6, 6.07) is 5.81. The SMILES string of the molecule is NCCNCc1cc(Br)ccc1Cl. The van der Waals surface area contributed by atoms with E-state index in [2.05, 4.69) is 21.2 Å². The fourth-order valence-corrected chi connectivity index (χ4v) is 1.60. The average molecular weight is 264 g/mol. The predicted molar refractivity (Wildman–Crippen MR) is 59.9 cm³/mol. The van der Waals surface area contributed by atoms with E-state index in [1.54, 1.807) is 0 Å². The van der Waals surface area contributed by atoms with E-state index >= 15 is 0 Å². The molecule has 0 amide bonds. The zero-order valence-corrected chi connectivity index (χ0v) is 9.53. The van der Waals surface area contributed by atoms with Gasteiger partial charge in [-0.2, -0.15) is 0 Å². The lowest BCUT2D eigenvalue weighted by atomic mass is 10.2. The minimum absolute atomic E-state index is 0.644. The Morgan fingerprint density at radius 1 is 1.46 bits per heavy atom. The highest BCUT2D eigenvalue weighted by Crippen LogP contribution is 2.20. The minimum Gasteiger partial charge on any atom is -0.329 e. The summed E-state index contributed by atoms with van der Waals surface area (Å²) in [5.74, 6) is 0. The second-order valence-corrected chi connectivity index (χ2v) is 4.02. The quantitative estimate of drug-likeness (QED) is 0.817. The van der Waals surface area contributed by atoms with Gasteiger partial charge >= 0.3 is 0 Å². The molecule has 0 saturated carbocycles. The van der Waals surface area contributed by atoms with Gasteiger partial charge in [0.2, 0.25) is 0 Å². The van der Waals surface area contributed by atoms with E-state index in [0.717, 1.165) is 28.1 Å². The van der Waals surface area contributed by atoms with Crippen LogP contribution in [0.2, 0.25) is 5.02 Å². The van der Waals surface area contributed by atoms with Crippen LogP contribution in [-0.4, -0.2) is 13.1 Å². The highest BCUT2D eigenvalue weighted by atomic mass is 79.9. The Bertz CT molecular complexity index is 278. The first-order chi connectivity index (χ1) is 6.24. The lowest BCUT2D eigenvalue weighted by Crippen LogP contribution is -2.21. The van der Waals surface area contributed by atoms with Gasteiger partial charge in [-0.05, 0) is 23.8 Å².